The van der Waals surface area contributed by atoms with Crippen LogP contribution < -0.4 is 0 Å². The normalized spacial score (nSPS) is 16.7. The highest BCUT2D eigenvalue weighted by molar-refractivity contribution is 6.31. The number of halogens is 2. The Kier molecular flexibility index (Phi) is 5.01. The maximum Gasteiger partial charge on any atom is 0.111 e. The van der Waals surface area contributed by atoms with Crippen molar-refractivity contribution in [3.05, 3.63) is 29.0 Å². The van der Waals surface area contributed by atoms with Gasteiger partial charge in [-0.3, -0.25) is 4.90 Å². The molecule has 114 valence electrons. The number of hydrogen-bond donors (Lipinski definition) is 0. The summed E-state index contributed by atoms with van der Waals surface area (Å²) in [5.74, 6) is 1.62. The van der Waals surface area contributed by atoms with Gasteiger partial charge in [0.15, 0.2) is 0 Å². The van der Waals surface area contributed by atoms with Gasteiger partial charge in [-0.25, -0.2) is 4.98 Å². The standard InChI is InChI=1S/C15H19Cl2N3O/c16-4-3-15-18-13-11-12(17)1-2-14(13)20(15)6-5-19-7-9-21-10-8-19/h1-2,11H,3-10H2. The number of fused-ring (bicyclic) bond motifs is 1. The predicted octanol–water partition coefficient (Wildman–Crippen LogP) is 2.80. The summed E-state index contributed by atoms with van der Waals surface area (Å²) in [5, 5.41) is 0.720. The van der Waals surface area contributed by atoms with Crippen molar-refractivity contribution in [3.8, 4) is 0 Å². The zero-order valence-electron chi connectivity index (χ0n) is 11.9. The third kappa shape index (κ3) is 3.51. The number of ether oxygens (including phenoxy) is 1. The van der Waals surface area contributed by atoms with Crippen LogP contribution in [0.3, 0.4) is 0 Å². The average Bonchev–Trinajstić information content (AvgIpc) is 2.83. The van der Waals surface area contributed by atoms with Crippen LogP contribution in [-0.2, 0) is 17.7 Å². The van der Waals surface area contributed by atoms with Crippen LogP contribution in [0, 0.1) is 0 Å². The molecule has 1 aromatic heterocycles. The predicted molar refractivity (Wildman–Crippen MR) is 86.4 cm³/mol. The molecular formula is C15H19Cl2N3O. The number of imidazole rings is 1. The van der Waals surface area contributed by atoms with Crippen molar-refractivity contribution in [2.75, 3.05) is 38.7 Å². The van der Waals surface area contributed by atoms with Crippen LogP contribution in [0.5, 0.6) is 0 Å². The molecule has 0 unspecified atom stereocenters. The summed E-state index contributed by atoms with van der Waals surface area (Å²) in [6, 6.07) is 5.88. The number of aromatic nitrogens is 2. The number of morpholine rings is 1. The van der Waals surface area contributed by atoms with E-state index in [0.717, 1.165) is 67.7 Å². The molecule has 6 heteroatoms. The van der Waals surface area contributed by atoms with Gasteiger partial charge in [0.25, 0.3) is 0 Å². The first-order chi connectivity index (χ1) is 10.3. The molecule has 0 aliphatic carbocycles. The number of aryl methyl sites for hydroxylation is 1. The van der Waals surface area contributed by atoms with Crippen LogP contribution in [-0.4, -0.2) is 53.2 Å². The lowest BCUT2D eigenvalue weighted by molar-refractivity contribution is 0.0364. The summed E-state index contributed by atoms with van der Waals surface area (Å²) in [5.41, 5.74) is 2.08. The molecule has 1 saturated heterocycles. The van der Waals surface area contributed by atoms with Gasteiger partial charge < -0.3 is 9.30 Å². The largest absolute Gasteiger partial charge is 0.379 e. The van der Waals surface area contributed by atoms with E-state index >= 15 is 0 Å². The number of benzene rings is 1. The lowest BCUT2D eigenvalue weighted by atomic mass is 10.3. The van der Waals surface area contributed by atoms with Crippen LogP contribution in [0.15, 0.2) is 18.2 Å². The Hall–Kier alpha value is -0.810. The maximum absolute atomic E-state index is 6.06. The van der Waals surface area contributed by atoms with Gasteiger partial charge in [0.05, 0.1) is 24.2 Å². The fourth-order valence-electron chi connectivity index (χ4n) is 2.74. The topological polar surface area (TPSA) is 30.3 Å². The second-order valence-corrected chi connectivity index (χ2v) is 6.02. The smallest absolute Gasteiger partial charge is 0.111 e. The van der Waals surface area contributed by atoms with Gasteiger partial charge in [-0.05, 0) is 18.2 Å². The number of hydrogen-bond acceptors (Lipinski definition) is 3. The Labute approximate surface area is 134 Å². The molecule has 0 spiro atoms. The molecule has 4 nitrogen and oxygen atoms in total. The van der Waals surface area contributed by atoms with E-state index in [4.69, 9.17) is 27.9 Å². The van der Waals surface area contributed by atoms with Crippen molar-refractivity contribution >= 4 is 34.2 Å². The highest BCUT2D eigenvalue weighted by Gasteiger charge is 2.14. The van der Waals surface area contributed by atoms with Gasteiger partial charge in [0.2, 0.25) is 0 Å². The maximum atomic E-state index is 6.06. The van der Waals surface area contributed by atoms with Crippen molar-refractivity contribution in [3.63, 3.8) is 0 Å². The van der Waals surface area contributed by atoms with Gasteiger partial charge >= 0.3 is 0 Å². The molecule has 3 rings (SSSR count). The molecule has 1 aromatic carbocycles. The van der Waals surface area contributed by atoms with E-state index in [9.17, 15) is 0 Å². The number of alkyl halides is 1. The van der Waals surface area contributed by atoms with Gasteiger partial charge in [0, 0.05) is 43.5 Å². The molecule has 0 atom stereocenters. The fraction of sp³-hybridized carbons (Fsp3) is 0.533. The molecule has 2 aromatic rings. The summed E-state index contributed by atoms with van der Waals surface area (Å²) in [6.07, 6.45) is 0.775. The van der Waals surface area contributed by atoms with E-state index in [1.165, 1.54) is 0 Å². The Morgan fingerprint density at radius 3 is 2.76 bits per heavy atom. The molecule has 0 N–H and O–H groups in total. The quantitative estimate of drug-likeness (QED) is 0.791. The Balaban J connectivity index is 1.82. The first-order valence-corrected chi connectivity index (χ1v) is 8.20. The Morgan fingerprint density at radius 2 is 2.00 bits per heavy atom. The molecule has 1 aliphatic rings. The monoisotopic (exact) mass is 327 g/mol. The highest BCUT2D eigenvalue weighted by Crippen LogP contribution is 2.21. The third-order valence-electron chi connectivity index (χ3n) is 3.85. The summed E-state index contributed by atoms with van der Waals surface area (Å²) in [4.78, 5) is 7.10. The SMILES string of the molecule is ClCCc1nc2cc(Cl)ccc2n1CCN1CCOCC1. The van der Waals surface area contributed by atoms with Crippen molar-refractivity contribution in [1.82, 2.24) is 14.5 Å². The summed E-state index contributed by atoms with van der Waals surface area (Å²) < 4.78 is 7.66. The Bertz CT molecular complexity index is 608. The lowest BCUT2D eigenvalue weighted by Crippen LogP contribution is -2.38. The molecule has 1 fully saturated rings. The minimum absolute atomic E-state index is 0.578. The van der Waals surface area contributed by atoms with Crippen LogP contribution >= 0.6 is 23.2 Å². The van der Waals surface area contributed by atoms with Crippen molar-refractivity contribution in [2.24, 2.45) is 0 Å². The van der Waals surface area contributed by atoms with Crippen molar-refractivity contribution < 1.29 is 4.74 Å². The van der Waals surface area contributed by atoms with Crippen molar-refractivity contribution in [1.29, 1.82) is 0 Å². The second kappa shape index (κ2) is 6.97. The van der Waals surface area contributed by atoms with Gasteiger partial charge in [-0.2, -0.15) is 0 Å². The second-order valence-electron chi connectivity index (χ2n) is 5.21. The highest BCUT2D eigenvalue weighted by atomic mass is 35.5. The van der Waals surface area contributed by atoms with E-state index in [2.05, 4.69) is 14.5 Å². The first-order valence-electron chi connectivity index (χ1n) is 7.28. The van der Waals surface area contributed by atoms with E-state index in [-0.39, 0.29) is 0 Å². The van der Waals surface area contributed by atoms with Gasteiger partial charge in [-0.15, -0.1) is 11.6 Å². The molecule has 0 bridgehead atoms. The molecule has 1 aliphatic heterocycles. The van der Waals surface area contributed by atoms with Gasteiger partial charge in [0.1, 0.15) is 5.82 Å². The average molecular weight is 328 g/mol. The van der Waals surface area contributed by atoms with Crippen LogP contribution in [0.2, 0.25) is 5.02 Å². The molecule has 21 heavy (non-hydrogen) atoms. The molecule has 0 amide bonds. The zero-order valence-corrected chi connectivity index (χ0v) is 13.4. The molecule has 0 radical (unpaired) electrons. The first kappa shape index (κ1) is 15.1. The zero-order chi connectivity index (χ0) is 14.7. The summed E-state index contributed by atoms with van der Waals surface area (Å²) >= 11 is 12.0. The summed E-state index contributed by atoms with van der Waals surface area (Å²) in [6.45, 7) is 5.59. The van der Waals surface area contributed by atoms with E-state index in [0.29, 0.717) is 5.88 Å². The minimum atomic E-state index is 0.578. The fourth-order valence-corrected chi connectivity index (χ4v) is 3.08. The number of nitrogens with zero attached hydrogens (tertiary/aromatic N) is 3. The molecule has 0 saturated carbocycles. The number of rotatable bonds is 5. The van der Waals surface area contributed by atoms with Crippen LogP contribution in [0.1, 0.15) is 5.82 Å². The van der Waals surface area contributed by atoms with Gasteiger partial charge in [-0.1, -0.05) is 11.6 Å². The van der Waals surface area contributed by atoms with Crippen LogP contribution in [0.4, 0.5) is 0 Å². The molecule has 2 heterocycles. The third-order valence-corrected chi connectivity index (χ3v) is 4.28. The van der Waals surface area contributed by atoms with Crippen molar-refractivity contribution in [2.45, 2.75) is 13.0 Å². The van der Waals surface area contributed by atoms with E-state index in [1.54, 1.807) is 0 Å². The molecular weight excluding hydrogens is 309 g/mol. The lowest BCUT2D eigenvalue weighted by Gasteiger charge is -2.27. The van der Waals surface area contributed by atoms with E-state index in [1.807, 2.05) is 18.2 Å². The van der Waals surface area contributed by atoms with Crippen LogP contribution in [0.25, 0.3) is 11.0 Å². The van der Waals surface area contributed by atoms with E-state index < -0.39 is 0 Å². The summed E-state index contributed by atoms with van der Waals surface area (Å²) in [7, 11) is 0. The Morgan fingerprint density at radius 1 is 1.19 bits per heavy atom. The minimum Gasteiger partial charge on any atom is -0.379 e.